The van der Waals surface area contributed by atoms with E-state index >= 15 is 0 Å². The Morgan fingerprint density at radius 3 is 0.624 bits per heavy atom. The van der Waals surface area contributed by atoms with Gasteiger partial charge in [-0.3, -0.25) is 82.8 Å². The molecule has 5 N–H and O–H groups in total. The third-order valence-corrected chi connectivity index (χ3v) is 21.2. The van der Waals surface area contributed by atoms with Crippen LogP contribution in [0.1, 0.15) is 41.5 Å². The van der Waals surface area contributed by atoms with E-state index in [-0.39, 0.29) is 331 Å². The smallest absolute Gasteiger partial charge is 0.549 e. The molecule has 611 valence electrons. The molecule has 3 fully saturated rings. The second kappa shape index (κ2) is 55.2. The molecular formula is C63H91Gd3I3N17O23. The average Bonchev–Trinajstić information content (AvgIpc) is 0.765. The van der Waals surface area contributed by atoms with Gasteiger partial charge in [0.2, 0.25) is 17.7 Å². The van der Waals surface area contributed by atoms with Crippen LogP contribution < -0.4 is 72.5 Å². The Hall–Kier alpha value is -2.52. The Labute approximate surface area is 768 Å². The predicted molar refractivity (Wildman–Crippen MR) is 380 cm³/mol. The summed E-state index contributed by atoms with van der Waals surface area (Å²) < 4.78 is 0.333. The summed E-state index contributed by atoms with van der Waals surface area (Å²) in [6, 6.07) is -2.99. The van der Waals surface area contributed by atoms with Crippen molar-refractivity contribution in [3.05, 3.63) is 21.8 Å². The summed E-state index contributed by atoms with van der Waals surface area (Å²) in [5, 5.41) is 120. The molecule has 40 nitrogen and oxygen atoms in total. The molecule has 0 aliphatic carbocycles. The summed E-state index contributed by atoms with van der Waals surface area (Å²) >= 11 is 5.45. The summed E-state index contributed by atoms with van der Waals surface area (Å²) in [6.45, 7) is 0.197. The fourth-order valence-corrected chi connectivity index (χ4v) is 16.4. The van der Waals surface area contributed by atoms with Crippen molar-refractivity contribution in [2.75, 3.05) is 247 Å². The minimum Gasteiger partial charge on any atom is -0.549 e. The molecule has 0 aromatic heterocycles. The van der Waals surface area contributed by atoms with Gasteiger partial charge < -0.3 is 116 Å². The molecule has 3 atom stereocenters. The molecule has 3 aliphatic rings. The number of anilines is 1. The first kappa shape index (κ1) is 104. The second-order valence-corrected chi connectivity index (χ2v) is 28.9. The molecule has 3 saturated heterocycles. The Kier molecular flexibility index (Phi) is 52.9. The van der Waals surface area contributed by atoms with Crippen LogP contribution >= 0.6 is 67.8 Å². The van der Waals surface area contributed by atoms with E-state index in [1.807, 2.05) is 45.2 Å². The fourth-order valence-electron chi connectivity index (χ4n) is 12.0. The SMILES string of the molecule is CC(C(=O)NCCNC(=O)c1c(I)c(NC(=O)C(C)N2CCN(CC(=O)[O-])CCN(CC(=O)[O-])CCN(CC(=O)[O-])CC2)c(I)c(C(=O)NCCNC(=O)C(C)N2CCN(CC(=O)[O-])CCN(CC(=O)[O-])CCN(CC(=O)[O-])CC2)c1I)N1CCN(CC(=O)[O-])CCN(CC(=O)[O-])CCN(CC(=O)[O-])CC1.[Gd+3].[Gd+3].[Gd+3]. The number of halogens is 3. The number of rotatable bonds is 33. The monoisotopic (exact) mass is 2310 g/mol. The molecular weight excluding hydrogens is 2220 g/mol. The van der Waals surface area contributed by atoms with Crippen LogP contribution in [0.25, 0.3) is 0 Å². The van der Waals surface area contributed by atoms with Gasteiger partial charge in [0.1, 0.15) is 0 Å². The van der Waals surface area contributed by atoms with Crippen LogP contribution in [0.3, 0.4) is 0 Å². The number of carbonyl (C=O) groups excluding carboxylic acids is 14. The number of benzene rings is 1. The summed E-state index contributed by atoms with van der Waals surface area (Å²) in [5.41, 5.74) is -0.256. The van der Waals surface area contributed by atoms with Gasteiger partial charge in [-0.15, -0.1) is 0 Å². The zero-order chi connectivity index (χ0) is 78.9. The number of aliphatic carboxylic acids is 9. The third-order valence-electron chi connectivity index (χ3n) is 18.0. The number of hydrogen-bond acceptors (Lipinski definition) is 35. The number of nitrogens with zero attached hydrogens (tertiary/aromatic N) is 12. The molecule has 4 rings (SSSR count). The van der Waals surface area contributed by atoms with E-state index in [9.17, 15) is 113 Å². The van der Waals surface area contributed by atoms with E-state index < -0.39 is 160 Å². The first-order valence-electron chi connectivity index (χ1n) is 34.2. The Balaban J connectivity index is 0.0000198. The number of amides is 5. The maximum atomic E-state index is 14.8. The van der Waals surface area contributed by atoms with E-state index in [0.29, 0.717) is 0 Å². The van der Waals surface area contributed by atoms with E-state index in [4.69, 9.17) is 0 Å². The maximum Gasteiger partial charge on any atom is 3.00 e. The summed E-state index contributed by atoms with van der Waals surface area (Å²) in [6.07, 6.45) is 0. The van der Waals surface area contributed by atoms with Crippen molar-refractivity contribution >= 4 is 157 Å². The van der Waals surface area contributed by atoms with Gasteiger partial charge >= 0.3 is 120 Å². The van der Waals surface area contributed by atoms with Crippen LogP contribution in [-0.4, -0.2) is 402 Å². The van der Waals surface area contributed by atoms with Gasteiger partial charge in [-0.25, -0.2) is 0 Å². The zero-order valence-corrected chi connectivity index (χ0v) is 73.6. The molecule has 0 bridgehead atoms. The fraction of sp³-hybridized carbons (Fsp3) is 0.683. The standard InChI is InChI=1S/C63H100I3N17O23.3Gd/c1-41(81-26-20-75(35-47(90)91)14-8-72(32-44(84)85)9-15-76(21-27-81)36-48(92)93)59(102)67-4-6-69-62(105)53-55(64)54(63(106)70-7-5-68-60(103)42(2)82-28-22-77(37-49(94)95)16-10-73(33-45(86)87)11-17-78(23-29-82)38-50(96)97)57(66)58(56(53)65)71-61(104)43(3)83-30-24-79(39-51(98)99)18-12-74(34-46(88)89)13-19-80(25-31-83)40-52(100)101;;;/h41-43H,4-40H2,1-3H3,(H,67,102)(H,68,103)(H,69,105)(H,70,106)(H,71,104)(H,84,85)(H,86,87)(H,88,89)(H,90,91)(H,92,93)(H,94,95)(H,96,97)(H,98,99)(H,100,101);;;/q;3*+3/p-9. The van der Waals surface area contributed by atoms with Crippen LogP contribution in [0.5, 0.6) is 0 Å². The van der Waals surface area contributed by atoms with Crippen LogP contribution in [0.4, 0.5) is 5.69 Å². The Bertz CT molecular complexity index is 3000. The molecule has 3 heterocycles. The van der Waals surface area contributed by atoms with Crippen LogP contribution in [0, 0.1) is 131 Å². The molecule has 3 radical (unpaired) electrons. The number of hydrogen-bond donors (Lipinski definition) is 5. The second-order valence-electron chi connectivity index (χ2n) is 25.6. The van der Waals surface area contributed by atoms with Crippen LogP contribution in [0.15, 0.2) is 0 Å². The molecule has 109 heavy (non-hydrogen) atoms. The summed E-state index contributed by atoms with van der Waals surface area (Å²) in [7, 11) is 0. The van der Waals surface area contributed by atoms with Crippen molar-refractivity contribution in [1.29, 1.82) is 0 Å². The quantitative estimate of drug-likeness (QED) is 0.0322. The van der Waals surface area contributed by atoms with E-state index in [2.05, 4.69) is 26.6 Å². The zero-order valence-electron chi connectivity index (χ0n) is 60.3. The third kappa shape index (κ3) is 40.3. The van der Waals surface area contributed by atoms with Gasteiger partial charge in [0.05, 0.1) is 95.8 Å². The first-order chi connectivity index (χ1) is 50.0. The first-order valence-corrected chi connectivity index (χ1v) is 37.4. The van der Waals surface area contributed by atoms with Crippen molar-refractivity contribution in [2.45, 2.75) is 38.9 Å². The largest absolute Gasteiger partial charge is 3.00 e. The number of carboxylic acids is 9. The normalized spacial score (nSPS) is 18.4. The Morgan fingerprint density at radius 2 is 0.440 bits per heavy atom. The maximum absolute atomic E-state index is 14.8. The van der Waals surface area contributed by atoms with Crippen LogP contribution in [0.2, 0.25) is 0 Å². The van der Waals surface area contributed by atoms with Crippen molar-refractivity contribution in [3.8, 4) is 0 Å². The molecule has 1 aromatic rings. The summed E-state index contributed by atoms with van der Waals surface area (Å²) in [4.78, 5) is 196. The molecule has 3 unspecified atom stereocenters. The van der Waals surface area contributed by atoms with Gasteiger partial charge in [-0.05, 0) is 88.5 Å². The Morgan fingerprint density at radius 1 is 0.275 bits per heavy atom. The van der Waals surface area contributed by atoms with Gasteiger partial charge in [0, 0.05) is 246 Å². The molecule has 1 aromatic carbocycles. The van der Waals surface area contributed by atoms with Crippen molar-refractivity contribution < 1.29 is 233 Å². The minimum absolute atomic E-state index is 0. The average molecular weight is 2310 g/mol. The van der Waals surface area contributed by atoms with Gasteiger partial charge in [0.25, 0.3) is 11.8 Å². The van der Waals surface area contributed by atoms with Crippen molar-refractivity contribution in [3.63, 3.8) is 0 Å². The molecule has 0 spiro atoms. The van der Waals surface area contributed by atoms with E-state index in [1.165, 1.54) is 51.0 Å². The minimum atomic E-state index is -1.44. The molecule has 5 amide bonds. The van der Waals surface area contributed by atoms with Crippen LogP contribution in [-0.2, 0) is 57.5 Å². The predicted octanol–water partition coefficient (Wildman–Crippen LogP) is -17.3. The van der Waals surface area contributed by atoms with Crippen molar-refractivity contribution in [1.82, 2.24) is 80.1 Å². The van der Waals surface area contributed by atoms with Crippen molar-refractivity contribution in [2.24, 2.45) is 0 Å². The van der Waals surface area contributed by atoms with Gasteiger partial charge in [0.15, 0.2) is 0 Å². The van der Waals surface area contributed by atoms with E-state index in [0.717, 1.165) is 0 Å². The topological polar surface area (TPSA) is 546 Å². The molecule has 3 aliphatic heterocycles. The number of carbonyl (C=O) groups is 14. The number of carboxylic acid groups (broad SMARTS) is 9. The van der Waals surface area contributed by atoms with Gasteiger partial charge in [-0.1, -0.05) is 0 Å². The molecule has 46 heteroatoms. The molecule has 0 saturated carbocycles. The summed E-state index contributed by atoms with van der Waals surface area (Å²) in [5.74, 6) is -16.1. The van der Waals surface area contributed by atoms with Gasteiger partial charge in [-0.2, -0.15) is 0 Å². The van der Waals surface area contributed by atoms with E-state index in [1.54, 1.807) is 51.1 Å². The number of nitrogens with one attached hydrogen (secondary N) is 5.